The summed E-state index contributed by atoms with van der Waals surface area (Å²) in [6.45, 7) is 4.21. The van der Waals surface area contributed by atoms with Gasteiger partial charge in [0.25, 0.3) is 0 Å². The van der Waals surface area contributed by atoms with Gasteiger partial charge >= 0.3 is 5.51 Å². The summed E-state index contributed by atoms with van der Waals surface area (Å²) in [5.41, 5.74) is -3.60. The number of hydrogen-bond acceptors (Lipinski definition) is 3. The smallest absolute Gasteiger partial charge is 0.332 e. The van der Waals surface area contributed by atoms with Crippen LogP contribution in [0.25, 0.3) is 0 Å². The van der Waals surface area contributed by atoms with Crippen LogP contribution < -0.4 is 5.32 Å². The van der Waals surface area contributed by atoms with Crippen LogP contribution in [0.1, 0.15) is 19.5 Å². The van der Waals surface area contributed by atoms with Crippen molar-refractivity contribution in [2.75, 3.05) is 12.8 Å². The van der Waals surface area contributed by atoms with E-state index in [0.717, 1.165) is 5.69 Å². The first-order valence-corrected chi connectivity index (χ1v) is 6.15. The van der Waals surface area contributed by atoms with Gasteiger partial charge in [-0.3, -0.25) is 0 Å². The van der Waals surface area contributed by atoms with E-state index in [2.05, 4.69) is 10.3 Å². The fourth-order valence-electron chi connectivity index (χ4n) is 1.41. The molecule has 0 aliphatic rings. The Morgan fingerprint density at radius 2 is 2.06 bits per heavy atom. The van der Waals surface area contributed by atoms with Gasteiger partial charge in [-0.1, -0.05) is 0 Å². The normalized spacial score (nSPS) is 13.1. The predicted molar refractivity (Wildman–Crippen MR) is 62.8 cm³/mol. The summed E-state index contributed by atoms with van der Waals surface area (Å²) in [5, 5.41) is 3.10. The van der Waals surface area contributed by atoms with Crippen molar-refractivity contribution in [1.29, 1.82) is 0 Å². The Bertz CT molecular complexity index is 360. The van der Waals surface area contributed by atoms with Crippen LogP contribution in [0.3, 0.4) is 0 Å². The molecule has 0 amide bonds. The Morgan fingerprint density at radius 3 is 2.59 bits per heavy atom. The van der Waals surface area contributed by atoms with Crippen molar-refractivity contribution in [2.45, 2.75) is 31.4 Å². The number of nitrogens with zero attached hydrogens (tertiary/aromatic N) is 2. The molecule has 0 aromatic carbocycles. The quantitative estimate of drug-likeness (QED) is 0.889. The van der Waals surface area contributed by atoms with E-state index in [1.54, 1.807) is 17.1 Å². The molecule has 0 radical (unpaired) electrons. The van der Waals surface area contributed by atoms with E-state index in [0.29, 0.717) is 6.54 Å². The second-order valence-corrected chi connectivity index (χ2v) is 5.30. The first-order chi connectivity index (χ1) is 7.76. The van der Waals surface area contributed by atoms with E-state index < -0.39 is 5.51 Å². The van der Waals surface area contributed by atoms with Gasteiger partial charge in [0.2, 0.25) is 0 Å². The van der Waals surface area contributed by atoms with Gasteiger partial charge in [-0.05, 0) is 32.7 Å². The maximum Gasteiger partial charge on any atom is 0.441 e. The van der Waals surface area contributed by atoms with Crippen LogP contribution in [0.2, 0.25) is 0 Å². The highest BCUT2D eigenvalue weighted by Crippen LogP contribution is 2.30. The van der Waals surface area contributed by atoms with Crippen molar-refractivity contribution < 1.29 is 13.2 Å². The zero-order valence-electron chi connectivity index (χ0n) is 10.0. The summed E-state index contributed by atoms with van der Waals surface area (Å²) >= 11 is -0.0103. The van der Waals surface area contributed by atoms with E-state index in [9.17, 15) is 13.2 Å². The van der Waals surface area contributed by atoms with Crippen LogP contribution >= 0.6 is 11.8 Å². The number of aromatic nitrogens is 2. The van der Waals surface area contributed by atoms with Gasteiger partial charge in [0, 0.05) is 18.5 Å². The highest BCUT2D eigenvalue weighted by atomic mass is 32.2. The molecule has 0 saturated carbocycles. The molecule has 0 atom stereocenters. The second kappa shape index (κ2) is 5.30. The van der Waals surface area contributed by atoms with Crippen LogP contribution in [0.5, 0.6) is 0 Å². The highest BCUT2D eigenvalue weighted by Gasteiger charge is 2.28. The van der Waals surface area contributed by atoms with Gasteiger partial charge in [0.05, 0.1) is 17.6 Å². The number of aryl methyl sites for hydroxylation is 1. The molecule has 98 valence electrons. The van der Waals surface area contributed by atoms with Gasteiger partial charge in [-0.15, -0.1) is 0 Å². The second-order valence-electron chi connectivity index (χ2n) is 4.14. The Kier molecular flexibility index (Phi) is 4.48. The molecule has 0 saturated heterocycles. The van der Waals surface area contributed by atoms with Gasteiger partial charge in [-0.25, -0.2) is 4.98 Å². The zero-order chi connectivity index (χ0) is 13.1. The molecule has 1 N–H and O–H groups in total. The molecule has 0 aliphatic carbocycles. The molecule has 0 spiro atoms. The largest absolute Gasteiger partial charge is 0.441 e. The topological polar surface area (TPSA) is 29.9 Å². The average Bonchev–Trinajstić information content (AvgIpc) is 2.65. The Morgan fingerprint density at radius 1 is 1.41 bits per heavy atom. The van der Waals surface area contributed by atoms with Crippen molar-refractivity contribution in [3.63, 3.8) is 0 Å². The van der Waals surface area contributed by atoms with Gasteiger partial charge < -0.3 is 9.88 Å². The minimum atomic E-state index is -4.17. The Hall–Kier alpha value is -0.690. The highest BCUT2D eigenvalue weighted by molar-refractivity contribution is 8.00. The van der Waals surface area contributed by atoms with E-state index in [1.807, 2.05) is 20.9 Å². The van der Waals surface area contributed by atoms with E-state index >= 15 is 0 Å². The number of halogens is 3. The number of thioether (sulfide) groups is 1. The first-order valence-electron chi connectivity index (χ1n) is 5.16. The molecule has 7 heteroatoms. The fourth-order valence-corrected chi connectivity index (χ4v) is 1.93. The summed E-state index contributed by atoms with van der Waals surface area (Å²) < 4.78 is 37.8. The third-order valence-corrected chi connectivity index (χ3v) is 3.29. The SMILES string of the molecule is CNC(C)(C)c1cncn1CCSC(F)(F)F. The maximum absolute atomic E-state index is 12.0. The van der Waals surface area contributed by atoms with Crippen LogP contribution in [-0.4, -0.2) is 27.9 Å². The predicted octanol–water partition coefficient (Wildman–Crippen LogP) is 2.59. The van der Waals surface area contributed by atoms with E-state index in [4.69, 9.17) is 0 Å². The Labute approximate surface area is 103 Å². The number of alkyl halides is 3. The molecule has 17 heavy (non-hydrogen) atoms. The number of hydrogen-bond donors (Lipinski definition) is 1. The molecule has 1 aromatic rings. The van der Waals surface area contributed by atoms with Crippen LogP contribution in [0, 0.1) is 0 Å². The molecule has 3 nitrogen and oxygen atoms in total. The molecule has 0 unspecified atom stereocenters. The number of nitrogens with one attached hydrogen (secondary N) is 1. The number of rotatable bonds is 5. The third kappa shape index (κ3) is 4.23. The van der Waals surface area contributed by atoms with Gasteiger partial charge in [0.15, 0.2) is 0 Å². The number of imidazole rings is 1. The van der Waals surface area contributed by atoms with Crippen molar-refractivity contribution in [2.24, 2.45) is 0 Å². The van der Waals surface area contributed by atoms with Crippen LogP contribution in [-0.2, 0) is 12.1 Å². The lowest BCUT2D eigenvalue weighted by Gasteiger charge is -2.25. The molecule has 0 fully saturated rings. The standard InChI is InChI=1S/C10H16F3N3S/c1-9(2,14-3)8-6-15-7-16(8)4-5-17-10(11,12)13/h6-7,14H,4-5H2,1-3H3. The molecular formula is C10H16F3N3S. The minimum Gasteiger partial charge on any atom is -0.332 e. The summed E-state index contributed by atoms with van der Waals surface area (Å²) in [4.78, 5) is 3.98. The first kappa shape index (κ1) is 14.4. The van der Waals surface area contributed by atoms with Gasteiger partial charge in [-0.2, -0.15) is 13.2 Å². The lowest BCUT2D eigenvalue weighted by molar-refractivity contribution is -0.0328. The molecular weight excluding hydrogens is 251 g/mol. The maximum atomic E-state index is 12.0. The Balaban J connectivity index is 2.64. The van der Waals surface area contributed by atoms with E-state index in [1.165, 1.54) is 0 Å². The molecule has 0 aliphatic heterocycles. The minimum absolute atomic E-state index is 0.00729. The summed E-state index contributed by atoms with van der Waals surface area (Å²) in [7, 11) is 1.81. The van der Waals surface area contributed by atoms with Crippen molar-refractivity contribution >= 4 is 11.8 Å². The molecule has 1 rings (SSSR count). The fraction of sp³-hybridized carbons (Fsp3) is 0.700. The average molecular weight is 267 g/mol. The molecule has 1 aromatic heterocycles. The van der Waals surface area contributed by atoms with Crippen LogP contribution in [0.4, 0.5) is 13.2 Å². The van der Waals surface area contributed by atoms with Crippen molar-refractivity contribution in [3.8, 4) is 0 Å². The van der Waals surface area contributed by atoms with Crippen molar-refractivity contribution in [1.82, 2.24) is 14.9 Å². The zero-order valence-corrected chi connectivity index (χ0v) is 10.8. The summed E-state index contributed by atoms with van der Waals surface area (Å²) in [6.07, 6.45) is 3.24. The summed E-state index contributed by atoms with van der Waals surface area (Å²) in [5.74, 6) is -0.00729. The van der Waals surface area contributed by atoms with Crippen molar-refractivity contribution in [3.05, 3.63) is 18.2 Å². The third-order valence-electron chi connectivity index (χ3n) is 2.58. The lowest BCUT2D eigenvalue weighted by Crippen LogP contribution is -2.35. The monoisotopic (exact) mass is 267 g/mol. The van der Waals surface area contributed by atoms with Gasteiger partial charge in [0.1, 0.15) is 0 Å². The summed E-state index contributed by atoms with van der Waals surface area (Å²) in [6, 6.07) is 0. The molecule has 0 bridgehead atoms. The lowest BCUT2D eigenvalue weighted by atomic mass is 10.0. The molecule has 1 heterocycles. The van der Waals surface area contributed by atoms with Crippen LogP contribution in [0.15, 0.2) is 12.5 Å². The van der Waals surface area contributed by atoms with E-state index in [-0.39, 0.29) is 23.1 Å².